The highest BCUT2D eigenvalue weighted by Crippen LogP contribution is 2.32. The molecule has 3 nitrogen and oxygen atoms in total. The van der Waals surface area contributed by atoms with Gasteiger partial charge in [0.15, 0.2) is 0 Å². The van der Waals surface area contributed by atoms with Crippen molar-refractivity contribution in [3.05, 3.63) is 35.3 Å². The molecule has 2 N–H and O–H groups in total. The lowest BCUT2D eigenvalue weighted by atomic mass is 10.1. The number of nitrogens with zero attached hydrogens (tertiary/aromatic N) is 2. The molecule has 2 rings (SSSR count). The van der Waals surface area contributed by atoms with Crippen LogP contribution < -0.4 is 5.73 Å². The number of hydrogen-bond acceptors (Lipinski definition) is 2. The minimum Gasteiger partial charge on any atom is -0.325 e. The Kier molecular flexibility index (Phi) is 2.38. The molecule has 86 valence electrons. The lowest BCUT2D eigenvalue weighted by molar-refractivity contribution is -0.138. The standard InChI is InChI=1S/C10H10F3N3/c1-6-4-16-5-7(3-14)15-9(16)2-8(6)10(11,12)13/h2,4-5H,3,14H2,1H3. The lowest BCUT2D eigenvalue weighted by Crippen LogP contribution is -2.08. The van der Waals surface area contributed by atoms with Crippen molar-refractivity contribution in [3.8, 4) is 0 Å². The van der Waals surface area contributed by atoms with E-state index in [0.717, 1.165) is 6.07 Å². The molecule has 0 amide bonds. The maximum absolute atomic E-state index is 12.6. The number of hydrogen-bond donors (Lipinski definition) is 1. The summed E-state index contributed by atoms with van der Waals surface area (Å²) < 4.78 is 39.4. The van der Waals surface area contributed by atoms with Crippen molar-refractivity contribution in [2.24, 2.45) is 5.73 Å². The average molecular weight is 229 g/mol. The largest absolute Gasteiger partial charge is 0.416 e. The maximum Gasteiger partial charge on any atom is 0.416 e. The van der Waals surface area contributed by atoms with Gasteiger partial charge in [0.1, 0.15) is 5.65 Å². The van der Waals surface area contributed by atoms with Gasteiger partial charge in [-0.3, -0.25) is 0 Å². The minimum atomic E-state index is -4.35. The average Bonchev–Trinajstić information content (AvgIpc) is 2.56. The number of aryl methyl sites for hydroxylation is 1. The van der Waals surface area contributed by atoms with E-state index in [4.69, 9.17) is 5.73 Å². The first kappa shape index (κ1) is 10.9. The number of halogens is 3. The Hall–Kier alpha value is -1.56. The van der Waals surface area contributed by atoms with Gasteiger partial charge in [0, 0.05) is 18.9 Å². The van der Waals surface area contributed by atoms with Gasteiger partial charge >= 0.3 is 6.18 Å². The molecule has 0 aliphatic carbocycles. The molecule has 0 atom stereocenters. The van der Waals surface area contributed by atoms with Gasteiger partial charge in [0.25, 0.3) is 0 Å². The Morgan fingerprint density at radius 3 is 2.62 bits per heavy atom. The van der Waals surface area contributed by atoms with Gasteiger partial charge in [-0.15, -0.1) is 0 Å². The molecule has 2 aromatic heterocycles. The molecule has 2 aromatic rings. The summed E-state index contributed by atoms with van der Waals surface area (Å²) in [6.07, 6.45) is -1.31. The van der Waals surface area contributed by atoms with Crippen LogP contribution in [0.4, 0.5) is 13.2 Å². The van der Waals surface area contributed by atoms with Gasteiger partial charge in [0.05, 0.1) is 11.3 Å². The van der Waals surface area contributed by atoms with E-state index in [2.05, 4.69) is 4.98 Å². The summed E-state index contributed by atoms with van der Waals surface area (Å²) in [5, 5.41) is 0. The zero-order valence-electron chi connectivity index (χ0n) is 8.54. The Morgan fingerprint density at radius 2 is 2.06 bits per heavy atom. The topological polar surface area (TPSA) is 43.3 Å². The third-order valence-corrected chi connectivity index (χ3v) is 2.36. The van der Waals surface area contributed by atoms with Crippen LogP contribution in [0.3, 0.4) is 0 Å². The van der Waals surface area contributed by atoms with E-state index in [0.29, 0.717) is 5.69 Å². The van der Waals surface area contributed by atoms with Gasteiger partial charge in [-0.1, -0.05) is 0 Å². The molecule has 2 heterocycles. The quantitative estimate of drug-likeness (QED) is 0.813. The lowest BCUT2D eigenvalue weighted by Gasteiger charge is -2.09. The van der Waals surface area contributed by atoms with Crippen molar-refractivity contribution in [3.63, 3.8) is 0 Å². The number of pyridine rings is 1. The molecule has 0 aromatic carbocycles. The molecule has 0 unspecified atom stereocenters. The van der Waals surface area contributed by atoms with E-state index in [1.165, 1.54) is 13.1 Å². The van der Waals surface area contributed by atoms with E-state index >= 15 is 0 Å². The highest BCUT2D eigenvalue weighted by atomic mass is 19.4. The predicted octanol–water partition coefficient (Wildman–Crippen LogP) is 2.12. The van der Waals surface area contributed by atoms with Crippen LogP contribution in [-0.2, 0) is 12.7 Å². The fraction of sp³-hybridized carbons (Fsp3) is 0.300. The monoisotopic (exact) mass is 229 g/mol. The zero-order chi connectivity index (χ0) is 11.9. The summed E-state index contributed by atoms with van der Waals surface area (Å²) in [5.74, 6) is 0. The second kappa shape index (κ2) is 3.48. The molecule has 0 aliphatic rings. The molecular weight excluding hydrogens is 219 g/mol. The third kappa shape index (κ3) is 1.76. The summed E-state index contributed by atoms with van der Waals surface area (Å²) in [5.41, 5.74) is 5.72. The number of rotatable bonds is 1. The van der Waals surface area contributed by atoms with Gasteiger partial charge in [0.2, 0.25) is 0 Å². The Balaban J connectivity index is 2.66. The second-order valence-corrected chi connectivity index (χ2v) is 3.57. The number of alkyl halides is 3. The Morgan fingerprint density at radius 1 is 1.38 bits per heavy atom. The molecule has 0 bridgehead atoms. The first-order valence-electron chi connectivity index (χ1n) is 4.67. The molecule has 0 fully saturated rings. The van der Waals surface area contributed by atoms with E-state index in [-0.39, 0.29) is 17.8 Å². The van der Waals surface area contributed by atoms with Crippen LogP contribution in [0.5, 0.6) is 0 Å². The Labute approximate surface area is 89.7 Å². The molecule has 0 radical (unpaired) electrons. The summed E-state index contributed by atoms with van der Waals surface area (Å²) in [7, 11) is 0. The first-order chi connectivity index (χ1) is 7.41. The number of fused-ring (bicyclic) bond motifs is 1. The first-order valence-corrected chi connectivity index (χ1v) is 4.67. The van der Waals surface area contributed by atoms with Crippen LogP contribution >= 0.6 is 0 Å². The van der Waals surface area contributed by atoms with Crippen LogP contribution in [0.15, 0.2) is 18.5 Å². The van der Waals surface area contributed by atoms with Crippen LogP contribution in [0.25, 0.3) is 5.65 Å². The van der Waals surface area contributed by atoms with Gasteiger partial charge in [-0.25, -0.2) is 4.98 Å². The molecule has 0 saturated heterocycles. The number of aromatic nitrogens is 2. The summed E-state index contributed by atoms with van der Waals surface area (Å²) in [6, 6.07) is 1.04. The molecule has 0 aliphatic heterocycles. The van der Waals surface area contributed by atoms with E-state index in [1.54, 1.807) is 10.6 Å². The van der Waals surface area contributed by atoms with Crippen molar-refractivity contribution in [2.45, 2.75) is 19.6 Å². The van der Waals surface area contributed by atoms with E-state index < -0.39 is 11.7 Å². The van der Waals surface area contributed by atoms with Crippen molar-refractivity contribution < 1.29 is 13.2 Å². The SMILES string of the molecule is Cc1cn2cc(CN)nc2cc1C(F)(F)F. The maximum atomic E-state index is 12.6. The fourth-order valence-corrected chi connectivity index (χ4v) is 1.60. The van der Waals surface area contributed by atoms with Crippen LogP contribution in [0.2, 0.25) is 0 Å². The highest BCUT2D eigenvalue weighted by Gasteiger charge is 2.32. The molecule has 6 heteroatoms. The Bertz CT molecular complexity index is 528. The van der Waals surface area contributed by atoms with Crippen molar-refractivity contribution in [1.29, 1.82) is 0 Å². The zero-order valence-corrected chi connectivity index (χ0v) is 8.54. The van der Waals surface area contributed by atoms with E-state index in [1.807, 2.05) is 0 Å². The van der Waals surface area contributed by atoms with Crippen molar-refractivity contribution in [1.82, 2.24) is 9.38 Å². The van der Waals surface area contributed by atoms with Crippen LogP contribution in [-0.4, -0.2) is 9.38 Å². The minimum absolute atomic E-state index is 0.168. The molecule has 16 heavy (non-hydrogen) atoms. The van der Waals surface area contributed by atoms with E-state index in [9.17, 15) is 13.2 Å². The number of imidazole rings is 1. The van der Waals surface area contributed by atoms with Crippen molar-refractivity contribution >= 4 is 5.65 Å². The summed E-state index contributed by atoms with van der Waals surface area (Å²) in [6.45, 7) is 1.63. The fourth-order valence-electron chi connectivity index (χ4n) is 1.60. The van der Waals surface area contributed by atoms with Gasteiger partial charge < -0.3 is 10.1 Å². The molecular formula is C10H10F3N3. The van der Waals surface area contributed by atoms with Crippen molar-refractivity contribution in [2.75, 3.05) is 0 Å². The predicted molar refractivity (Wildman–Crippen MR) is 52.8 cm³/mol. The smallest absolute Gasteiger partial charge is 0.325 e. The molecule has 0 saturated carbocycles. The molecule has 0 spiro atoms. The second-order valence-electron chi connectivity index (χ2n) is 3.57. The normalized spacial score (nSPS) is 12.3. The van der Waals surface area contributed by atoms with Gasteiger partial charge in [-0.05, 0) is 18.6 Å². The third-order valence-electron chi connectivity index (χ3n) is 2.36. The van der Waals surface area contributed by atoms with Crippen LogP contribution in [0.1, 0.15) is 16.8 Å². The summed E-state index contributed by atoms with van der Waals surface area (Å²) >= 11 is 0. The number of nitrogens with two attached hydrogens (primary N) is 1. The summed E-state index contributed by atoms with van der Waals surface area (Å²) in [4.78, 5) is 3.98. The van der Waals surface area contributed by atoms with Gasteiger partial charge in [-0.2, -0.15) is 13.2 Å². The highest BCUT2D eigenvalue weighted by molar-refractivity contribution is 5.46. The van der Waals surface area contributed by atoms with Crippen LogP contribution in [0, 0.1) is 6.92 Å².